The second-order valence-corrected chi connectivity index (χ2v) is 10.8. The van der Waals surface area contributed by atoms with Crippen molar-refractivity contribution in [2.75, 3.05) is 36.4 Å². The SMILES string of the molecule is CCC(CC)N1CCN(c2ccc(Nc3ncc(F)c(-c4cc(F)c5nc(C)n(C(C)C)c5c4)n3)nc2C)CC1. The van der Waals surface area contributed by atoms with Crippen LogP contribution >= 0.6 is 0 Å². The first kappa shape index (κ1) is 27.9. The van der Waals surface area contributed by atoms with Gasteiger partial charge in [0.2, 0.25) is 5.95 Å². The number of anilines is 3. The highest BCUT2D eigenvalue weighted by atomic mass is 19.1. The largest absolute Gasteiger partial charge is 0.368 e. The molecule has 4 aromatic rings. The molecular formula is C30H38F2N8. The molecule has 8 nitrogen and oxygen atoms in total. The number of hydrogen-bond donors (Lipinski definition) is 1. The van der Waals surface area contributed by atoms with Crippen molar-refractivity contribution in [2.45, 2.75) is 66.5 Å². The van der Waals surface area contributed by atoms with Crippen LogP contribution in [0.1, 0.15) is 58.1 Å². The molecule has 4 heterocycles. The van der Waals surface area contributed by atoms with Crippen molar-refractivity contribution < 1.29 is 8.78 Å². The quantitative estimate of drug-likeness (QED) is 0.272. The van der Waals surface area contributed by atoms with Gasteiger partial charge >= 0.3 is 0 Å². The van der Waals surface area contributed by atoms with E-state index < -0.39 is 11.6 Å². The summed E-state index contributed by atoms with van der Waals surface area (Å²) in [4.78, 5) is 22.6. The number of nitrogens with zero attached hydrogens (tertiary/aromatic N) is 7. The second kappa shape index (κ2) is 11.4. The summed E-state index contributed by atoms with van der Waals surface area (Å²) in [5.41, 5.74) is 3.20. The van der Waals surface area contributed by atoms with Gasteiger partial charge in [0.15, 0.2) is 11.6 Å². The van der Waals surface area contributed by atoms with E-state index in [9.17, 15) is 4.39 Å². The van der Waals surface area contributed by atoms with Crippen molar-refractivity contribution in [3.63, 3.8) is 0 Å². The summed E-state index contributed by atoms with van der Waals surface area (Å²) in [6, 6.07) is 7.66. The van der Waals surface area contributed by atoms with Crippen LogP contribution in [0.4, 0.5) is 26.2 Å². The number of nitrogens with one attached hydrogen (secondary N) is 1. The molecular weight excluding hydrogens is 510 g/mol. The highest BCUT2D eigenvalue weighted by Gasteiger charge is 2.23. The third kappa shape index (κ3) is 5.37. The summed E-state index contributed by atoms with van der Waals surface area (Å²) in [5.74, 6) is 0.290. The molecule has 40 heavy (non-hydrogen) atoms. The van der Waals surface area contributed by atoms with Gasteiger partial charge in [0.05, 0.1) is 23.1 Å². The lowest BCUT2D eigenvalue weighted by Crippen LogP contribution is -2.50. The normalized spacial score (nSPS) is 14.6. The Bertz CT molecular complexity index is 1500. The summed E-state index contributed by atoms with van der Waals surface area (Å²) in [6.07, 6.45) is 3.45. The van der Waals surface area contributed by atoms with Gasteiger partial charge in [-0.05, 0) is 64.8 Å². The third-order valence-corrected chi connectivity index (χ3v) is 7.87. The molecule has 1 saturated heterocycles. The first-order valence-corrected chi connectivity index (χ1v) is 14.1. The Labute approximate surface area is 234 Å². The van der Waals surface area contributed by atoms with Crippen LogP contribution < -0.4 is 10.2 Å². The van der Waals surface area contributed by atoms with Gasteiger partial charge in [-0.25, -0.2) is 28.7 Å². The maximum Gasteiger partial charge on any atom is 0.229 e. The van der Waals surface area contributed by atoms with Crippen LogP contribution in [0.5, 0.6) is 0 Å². The molecule has 1 fully saturated rings. The number of rotatable bonds is 8. The standard InChI is InChI=1S/C30H38F2N8/c1-7-22(8-2)38-11-13-39(14-12-38)25-9-10-27(34-19(25)5)36-30-33-17-24(32)28(37-30)21-15-23(31)29-26(16-21)40(18(3)4)20(6)35-29/h9-10,15-18,22H,7-8,11-14H2,1-6H3,(H,33,34,36,37). The minimum absolute atomic E-state index is 0.0103. The minimum atomic E-state index is -0.636. The molecule has 0 aliphatic carbocycles. The molecule has 5 rings (SSSR count). The van der Waals surface area contributed by atoms with Crippen LogP contribution in [0.25, 0.3) is 22.3 Å². The fraction of sp³-hybridized carbons (Fsp3) is 0.467. The summed E-state index contributed by atoms with van der Waals surface area (Å²) < 4.78 is 31.9. The maximum absolute atomic E-state index is 15.0. The molecule has 212 valence electrons. The van der Waals surface area contributed by atoms with Gasteiger partial charge in [-0.1, -0.05) is 13.8 Å². The summed E-state index contributed by atoms with van der Waals surface area (Å²) >= 11 is 0. The van der Waals surface area contributed by atoms with Gasteiger partial charge in [-0.3, -0.25) is 4.90 Å². The molecule has 0 unspecified atom stereocenters. The first-order valence-electron chi connectivity index (χ1n) is 14.1. The molecule has 1 aliphatic heterocycles. The fourth-order valence-electron chi connectivity index (χ4n) is 5.89. The zero-order valence-electron chi connectivity index (χ0n) is 24.2. The number of hydrogen-bond acceptors (Lipinski definition) is 7. The molecule has 1 N–H and O–H groups in total. The lowest BCUT2D eigenvalue weighted by molar-refractivity contribution is 0.175. The molecule has 0 bridgehead atoms. The van der Waals surface area contributed by atoms with E-state index in [4.69, 9.17) is 4.98 Å². The second-order valence-electron chi connectivity index (χ2n) is 10.8. The van der Waals surface area contributed by atoms with Crippen molar-refractivity contribution in [1.29, 1.82) is 0 Å². The van der Waals surface area contributed by atoms with Gasteiger partial charge < -0.3 is 14.8 Å². The van der Waals surface area contributed by atoms with Crippen LogP contribution in [0.3, 0.4) is 0 Å². The van der Waals surface area contributed by atoms with Crippen molar-refractivity contribution in [1.82, 2.24) is 29.4 Å². The average Bonchev–Trinajstić information content (AvgIpc) is 3.27. The summed E-state index contributed by atoms with van der Waals surface area (Å²) in [7, 11) is 0. The smallest absolute Gasteiger partial charge is 0.229 e. The lowest BCUT2D eigenvalue weighted by atomic mass is 10.1. The number of aromatic nitrogens is 5. The van der Waals surface area contributed by atoms with Gasteiger partial charge in [-0.15, -0.1) is 0 Å². The van der Waals surface area contributed by atoms with Gasteiger partial charge in [0.1, 0.15) is 22.9 Å². The number of aryl methyl sites for hydroxylation is 2. The molecule has 0 amide bonds. The zero-order valence-corrected chi connectivity index (χ0v) is 24.2. The Morgan fingerprint density at radius 2 is 1.65 bits per heavy atom. The highest BCUT2D eigenvalue weighted by molar-refractivity contribution is 5.83. The number of piperazine rings is 1. The highest BCUT2D eigenvalue weighted by Crippen LogP contribution is 2.31. The Hall–Kier alpha value is -3.66. The molecule has 10 heteroatoms. The number of halogens is 2. The molecule has 0 spiro atoms. The molecule has 1 aromatic carbocycles. The number of imidazole rings is 1. The predicted molar refractivity (Wildman–Crippen MR) is 156 cm³/mol. The Kier molecular flexibility index (Phi) is 7.98. The van der Waals surface area contributed by atoms with Crippen LogP contribution in [0.15, 0.2) is 30.5 Å². The monoisotopic (exact) mass is 548 g/mol. The van der Waals surface area contributed by atoms with Gasteiger partial charge in [-0.2, -0.15) is 0 Å². The Balaban J connectivity index is 1.37. The van der Waals surface area contributed by atoms with Crippen LogP contribution in [-0.4, -0.2) is 61.6 Å². The van der Waals surface area contributed by atoms with Crippen molar-refractivity contribution in [3.8, 4) is 11.3 Å². The van der Waals surface area contributed by atoms with E-state index in [2.05, 4.69) is 50.0 Å². The summed E-state index contributed by atoms with van der Waals surface area (Å²) in [6.45, 7) is 16.4. The van der Waals surface area contributed by atoms with E-state index in [1.54, 1.807) is 6.07 Å². The zero-order chi connectivity index (χ0) is 28.6. The molecule has 0 saturated carbocycles. The number of pyridine rings is 1. The number of fused-ring (bicyclic) bond motifs is 1. The predicted octanol–water partition coefficient (Wildman–Crippen LogP) is 6.42. The van der Waals surface area contributed by atoms with Crippen molar-refractivity contribution in [2.24, 2.45) is 0 Å². The van der Waals surface area contributed by atoms with Gasteiger partial charge in [0.25, 0.3) is 0 Å². The molecule has 3 aromatic heterocycles. The maximum atomic E-state index is 15.0. The first-order chi connectivity index (χ1) is 19.2. The average molecular weight is 549 g/mol. The summed E-state index contributed by atoms with van der Waals surface area (Å²) in [5, 5.41) is 3.10. The van der Waals surface area contributed by atoms with E-state index in [1.807, 2.05) is 38.3 Å². The van der Waals surface area contributed by atoms with Crippen LogP contribution in [0, 0.1) is 25.5 Å². The molecule has 0 radical (unpaired) electrons. The third-order valence-electron chi connectivity index (χ3n) is 7.87. The van der Waals surface area contributed by atoms with E-state index >= 15 is 4.39 Å². The van der Waals surface area contributed by atoms with Crippen LogP contribution in [-0.2, 0) is 0 Å². The Morgan fingerprint density at radius 3 is 2.30 bits per heavy atom. The topological polar surface area (TPSA) is 75.0 Å². The number of benzene rings is 1. The van der Waals surface area contributed by atoms with Crippen molar-refractivity contribution in [3.05, 3.63) is 53.6 Å². The van der Waals surface area contributed by atoms with E-state index in [0.29, 0.717) is 28.8 Å². The molecule has 0 atom stereocenters. The lowest BCUT2D eigenvalue weighted by Gasteiger charge is -2.40. The van der Waals surface area contributed by atoms with Gasteiger partial charge in [0, 0.05) is 43.8 Å². The van der Waals surface area contributed by atoms with Crippen molar-refractivity contribution >= 4 is 28.5 Å². The van der Waals surface area contributed by atoms with E-state index in [0.717, 1.165) is 43.8 Å². The van der Waals surface area contributed by atoms with Crippen LogP contribution in [0.2, 0.25) is 0 Å². The Morgan fingerprint density at radius 1 is 0.925 bits per heavy atom. The molecule has 1 aliphatic rings. The minimum Gasteiger partial charge on any atom is -0.368 e. The van der Waals surface area contributed by atoms with E-state index in [1.165, 1.54) is 18.9 Å². The fourth-order valence-corrected chi connectivity index (χ4v) is 5.89. The van der Waals surface area contributed by atoms with E-state index in [-0.39, 0.29) is 23.2 Å².